The molecule has 4 heterocycles. The van der Waals surface area contributed by atoms with Crippen molar-refractivity contribution in [3.63, 3.8) is 0 Å². The van der Waals surface area contributed by atoms with Crippen molar-refractivity contribution in [2.24, 2.45) is 5.10 Å². The van der Waals surface area contributed by atoms with Gasteiger partial charge in [0, 0.05) is 6.42 Å². The molecule has 1 atom stereocenters. The molecule has 0 fully saturated rings. The summed E-state index contributed by atoms with van der Waals surface area (Å²) in [5.41, 5.74) is 3.75. The van der Waals surface area contributed by atoms with Crippen LogP contribution >= 0.6 is 11.8 Å². The Balaban J connectivity index is 1.35. The van der Waals surface area contributed by atoms with Gasteiger partial charge < -0.3 is 14.7 Å². The van der Waals surface area contributed by atoms with Crippen LogP contribution in [0.15, 0.2) is 74.1 Å². The van der Waals surface area contributed by atoms with Gasteiger partial charge in [-0.2, -0.15) is 5.10 Å². The smallest absolute Gasteiger partial charge is 0.253 e. The van der Waals surface area contributed by atoms with Gasteiger partial charge in [-0.25, -0.2) is 9.69 Å². The molecular formula is C23H22N6O3S. The fourth-order valence-electron chi connectivity index (χ4n) is 3.73. The fraction of sp³-hybridized carbons (Fsp3) is 0.217. The van der Waals surface area contributed by atoms with Crippen LogP contribution < -0.4 is 5.84 Å². The van der Waals surface area contributed by atoms with Gasteiger partial charge in [-0.1, -0.05) is 41.6 Å². The summed E-state index contributed by atoms with van der Waals surface area (Å²) in [7, 11) is 0. The largest absolute Gasteiger partial charge is 0.469 e. The quantitative estimate of drug-likeness (QED) is 0.341. The van der Waals surface area contributed by atoms with Crippen molar-refractivity contribution < 1.29 is 13.6 Å². The molecule has 0 bridgehead atoms. The second-order valence-electron chi connectivity index (χ2n) is 7.74. The van der Waals surface area contributed by atoms with Gasteiger partial charge in [0.05, 0.1) is 29.6 Å². The van der Waals surface area contributed by atoms with Crippen LogP contribution in [0.2, 0.25) is 0 Å². The lowest BCUT2D eigenvalue weighted by molar-refractivity contribution is -0.130. The minimum absolute atomic E-state index is 0.0988. The number of amides is 1. The summed E-state index contributed by atoms with van der Waals surface area (Å²) < 4.78 is 12.3. The van der Waals surface area contributed by atoms with E-state index in [0.717, 1.165) is 16.8 Å². The van der Waals surface area contributed by atoms with Crippen LogP contribution in [0, 0.1) is 13.8 Å². The summed E-state index contributed by atoms with van der Waals surface area (Å²) in [6.45, 7) is 3.86. The van der Waals surface area contributed by atoms with Gasteiger partial charge in [0.1, 0.15) is 17.6 Å². The number of nitrogens with two attached hydrogens (primary N) is 1. The lowest BCUT2D eigenvalue weighted by Crippen LogP contribution is -2.28. The second kappa shape index (κ2) is 8.62. The Kier molecular flexibility index (Phi) is 5.51. The van der Waals surface area contributed by atoms with Gasteiger partial charge in [-0.05, 0) is 37.6 Å². The van der Waals surface area contributed by atoms with Crippen LogP contribution in [0.4, 0.5) is 0 Å². The Morgan fingerprint density at radius 1 is 1.12 bits per heavy atom. The number of carbonyl (C=O) groups excluding carboxylic acids is 1. The summed E-state index contributed by atoms with van der Waals surface area (Å²) in [5.74, 6) is 7.97. The van der Waals surface area contributed by atoms with Crippen molar-refractivity contribution in [3.05, 3.63) is 77.6 Å². The molecule has 33 heavy (non-hydrogen) atoms. The molecule has 4 aromatic rings. The predicted molar refractivity (Wildman–Crippen MR) is 124 cm³/mol. The number of hydrogen-bond donors (Lipinski definition) is 1. The molecule has 3 aromatic heterocycles. The molecular weight excluding hydrogens is 440 g/mol. The summed E-state index contributed by atoms with van der Waals surface area (Å²) in [5, 5.41) is 14.9. The minimum atomic E-state index is -0.302. The number of aromatic nitrogens is 3. The van der Waals surface area contributed by atoms with Crippen LogP contribution in [-0.4, -0.2) is 37.3 Å². The zero-order valence-electron chi connectivity index (χ0n) is 18.1. The van der Waals surface area contributed by atoms with Crippen LogP contribution in [0.3, 0.4) is 0 Å². The highest BCUT2D eigenvalue weighted by molar-refractivity contribution is 7.99. The molecule has 0 saturated carbocycles. The third-order valence-corrected chi connectivity index (χ3v) is 6.44. The highest BCUT2D eigenvalue weighted by Crippen LogP contribution is 2.34. The highest BCUT2D eigenvalue weighted by atomic mass is 32.2. The first-order valence-electron chi connectivity index (χ1n) is 10.4. The first kappa shape index (κ1) is 21.1. The van der Waals surface area contributed by atoms with Gasteiger partial charge in [0.25, 0.3) is 5.91 Å². The fourth-order valence-corrected chi connectivity index (χ4v) is 4.44. The second-order valence-corrected chi connectivity index (χ2v) is 8.68. The Morgan fingerprint density at radius 3 is 2.64 bits per heavy atom. The molecule has 0 saturated heterocycles. The zero-order valence-corrected chi connectivity index (χ0v) is 19.0. The van der Waals surface area contributed by atoms with Gasteiger partial charge in [0.2, 0.25) is 5.16 Å². The maximum atomic E-state index is 13.2. The van der Waals surface area contributed by atoms with Gasteiger partial charge in [-0.15, -0.1) is 10.2 Å². The van der Waals surface area contributed by atoms with E-state index in [2.05, 4.69) is 15.3 Å². The van der Waals surface area contributed by atoms with Crippen LogP contribution in [0.25, 0.3) is 11.4 Å². The van der Waals surface area contributed by atoms with E-state index in [0.29, 0.717) is 28.9 Å². The van der Waals surface area contributed by atoms with E-state index in [1.54, 1.807) is 18.6 Å². The van der Waals surface area contributed by atoms with Crippen molar-refractivity contribution in [3.8, 4) is 11.4 Å². The zero-order chi connectivity index (χ0) is 22.9. The number of carbonyl (C=O) groups is 1. The molecule has 9 nitrogen and oxygen atoms in total. The molecule has 1 amide bonds. The third-order valence-electron chi connectivity index (χ3n) is 5.51. The molecule has 5 rings (SSSR count). The molecule has 0 radical (unpaired) electrons. The van der Waals surface area contributed by atoms with Gasteiger partial charge in [0.15, 0.2) is 5.82 Å². The maximum Gasteiger partial charge on any atom is 0.253 e. The number of hydrogen-bond acceptors (Lipinski definition) is 8. The molecule has 10 heteroatoms. The SMILES string of the molecule is Cc1ccc(C2=NN(C(=O)CSc3nnc(-c4ccoc4C)n3N)C(c3ccco3)C2)cc1. The number of benzene rings is 1. The van der Waals surface area contributed by atoms with Crippen molar-refractivity contribution >= 4 is 23.4 Å². The van der Waals surface area contributed by atoms with Crippen LogP contribution in [-0.2, 0) is 4.79 Å². The molecule has 1 aliphatic heterocycles. The molecule has 0 spiro atoms. The van der Waals surface area contributed by atoms with E-state index in [1.165, 1.54) is 27.0 Å². The first-order chi connectivity index (χ1) is 16.0. The van der Waals surface area contributed by atoms with Crippen molar-refractivity contribution in [2.45, 2.75) is 31.5 Å². The van der Waals surface area contributed by atoms with E-state index in [1.807, 2.05) is 50.2 Å². The van der Waals surface area contributed by atoms with E-state index < -0.39 is 0 Å². The summed E-state index contributed by atoms with van der Waals surface area (Å²) in [6, 6.07) is 13.3. The summed E-state index contributed by atoms with van der Waals surface area (Å²) >= 11 is 1.21. The minimum Gasteiger partial charge on any atom is -0.469 e. The summed E-state index contributed by atoms with van der Waals surface area (Å²) in [4.78, 5) is 13.2. The number of furan rings is 2. The number of rotatable bonds is 6. The van der Waals surface area contributed by atoms with E-state index in [9.17, 15) is 4.79 Å². The molecule has 168 valence electrons. The Hall–Kier alpha value is -3.79. The molecule has 2 N–H and O–H groups in total. The Bertz CT molecular complexity index is 1310. The normalized spacial score (nSPS) is 15.8. The van der Waals surface area contributed by atoms with E-state index in [4.69, 9.17) is 14.7 Å². The number of hydrazone groups is 1. The standard InChI is InChI=1S/C23H22N6O3S/c1-14-5-7-16(8-6-14)18-12-19(20-4-3-10-32-20)29(27-18)21(30)13-33-23-26-25-22(28(23)24)17-9-11-31-15(17)2/h3-11,19H,12-13,24H2,1-2H3. The highest BCUT2D eigenvalue weighted by Gasteiger charge is 2.35. The maximum absolute atomic E-state index is 13.2. The third kappa shape index (κ3) is 4.05. The van der Waals surface area contributed by atoms with Gasteiger partial charge >= 0.3 is 0 Å². The lowest BCUT2D eigenvalue weighted by Gasteiger charge is -2.19. The molecule has 0 aliphatic carbocycles. The molecule has 1 aliphatic rings. The molecule has 1 unspecified atom stereocenters. The topological polar surface area (TPSA) is 116 Å². The van der Waals surface area contributed by atoms with Crippen LogP contribution in [0.5, 0.6) is 0 Å². The van der Waals surface area contributed by atoms with Crippen molar-refractivity contribution in [1.82, 2.24) is 19.9 Å². The van der Waals surface area contributed by atoms with E-state index >= 15 is 0 Å². The number of nitrogens with zero attached hydrogens (tertiary/aromatic N) is 5. The number of aryl methyl sites for hydroxylation is 2. The first-order valence-corrected chi connectivity index (χ1v) is 11.4. The van der Waals surface area contributed by atoms with Crippen molar-refractivity contribution in [2.75, 3.05) is 11.6 Å². The summed E-state index contributed by atoms with van der Waals surface area (Å²) in [6.07, 6.45) is 3.75. The lowest BCUT2D eigenvalue weighted by atomic mass is 10.0. The molecule has 1 aromatic carbocycles. The van der Waals surface area contributed by atoms with Gasteiger partial charge in [-0.3, -0.25) is 4.79 Å². The van der Waals surface area contributed by atoms with Crippen molar-refractivity contribution in [1.29, 1.82) is 0 Å². The Morgan fingerprint density at radius 2 is 1.94 bits per heavy atom. The number of nitrogen functional groups attached to an aromatic ring is 1. The predicted octanol–water partition coefficient (Wildman–Crippen LogP) is 3.93. The average molecular weight is 463 g/mol. The average Bonchev–Trinajstić information content (AvgIpc) is 3.60. The number of thioether (sulfide) groups is 1. The van der Waals surface area contributed by atoms with Crippen LogP contribution in [0.1, 0.15) is 35.1 Å². The van der Waals surface area contributed by atoms with E-state index in [-0.39, 0.29) is 17.7 Å². The monoisotopic (exact) mass is 462 g/mol. The Labute approximate surface area is 194 Å².